The van der Waals surface area contributed by atoms with Gasteiger partial charge in [0.25, 0.3) is 0 Å². The fourth-order valence-electron chi connectivity index (χ4n) is 2.30. The molecule has 106 valence electrons. The van der Waals surface area contributed by atoms with Crippen molar-refractivity contribution in [2.24, 2.45) is 0 Å². The molecule has 1 fully saturated rings. The molecular formula is C12H16ClFN2O2S. The van der Waals surface area contributed by atoms with Gasteiger partial charge in [-0.05, 0) is 32.0 Å². The molecule has 0 amide bonds. The van der Waals surface area contributed by atoms with E-state index >= 15 is 0 Å². The van der Waals surface area contributed by atoms with Crippen molar-refractivity contribution < 1.29 is 12.8 Å². The maximum atomic E-state index is 13.0. The van der Waals surface area contributed by atoms with E-state index in [2.05, 4.69) is 5.32 Å². The number of piperazine rings is 1. The molecule has 1 aromatic rings. The molecule has 2 rings (SSSR count). The standard InChI is InChI=1S/C12H16ClFN2O2S/c1-8-6-16(7-9(2)15-8)19(17,18)12-4-3-10(14)5-11(12)13/h3-5,8-9,15H,6-7H2,1-2H3. The first-order chi connectivity index (χ1) is 8.80. The van der Waals surface area contributed by atoms with Crippen LogP contribution >= 0.6 is 11.6 Å². The molecule has 0 radical (unpaired) electrons. The molecule has 1 aromatic carbocycles. The SMILES string of the molecule is CC1CN(S(=O)(=O)c2ccc(F)cc2Cl)CC(C)N1. The molecule has 0 saturated carbocycles. The van der Waals surface area contributed by atoms with Crippen LogP contribution in [0.3, 0.4) is 0 Å². The van der Waals surface area contributed by atoms with Crippen molar-refractivity contribution in [3.05, 3.63) is 29.0 Å². The molecule has 0 aliphatic carbocycles. The second-order valence-corrected chi connectivity index (χ2v) is 7.18. The molecule has 2 unspecified atom stereocenters. The number of hydrogen-bond acceptors (Lipinski definition) is 3. The topological polar surface area (TPSA) is 49.4 Å². The molecule has 1 heterocycles. The van der Waals surface area contributed by atoms with Crippen LogP contribution in [0, 0.1) is 5.82 Å². The summed E-state index contributed by atoms with van der Waals surface area (Å²) in [6, 6.07) is 3.47. The zero-order chi connectivity index (χ0) is 14.2. The van der Waals surface area contributed by atoms with Crippen LogP contribution in [0.25, 0.3) is 0 Å². The smallest absolute Gasteiger partial charge is 0.244 e. The first kappa shape index (κ1) is 14.7. The molecule has 1 saturated heterocycles. The second-order valence-electron chi connectivity index (χ2n) is 4.87. The highest BCUT2D eigenvalue weighted by Gasteiger charge is 2.32. The van der Waals surface area contributed by atoms with Gasteiger partial charge in [0.15, 0.2) is 0 Å². The first-order valence-corrected chi connectivity index (χ1v) is 7.84. The van der Waals surface area contributed by atoms with Crippen molar-refractivity contribution in [1.82, 2.24) is 9.62 Å². The summed E-state index contributed by atoms with van der Waals surface area (Å²) in [4.78, 5) is -0.0446. The fraction of sp³-hybridized carbons (Fsp3) is 0.500. The summed E-state index contributed by atoms with van der Waals surface area (Å²) >= 11 is 5.84. The van der Waals surface area contributed by atoms with E-state index in [4.69, 9.17) is 11.6 Å². The molecule has 2 atom stereocenters. The summed E-state index contributed by atoms with van der Waals surface area (Å²) in [5.41, 5.74) is 0. The highest BCUT2D eigenvalue weighted by molar-refractivity contribution is 7.89. The number of halogens is 2. The van der Waals surface area contributed by atoms with E-state index in [1.165, 1.54) is 10.4 Å². The minimum absolute atomic E-state index is 0.0446. The fourth-order valence-corrected chi connectivity index (χ4v) is 4.42. The number of sulfonamides is 1. The van der Waals surface area contributed by atoms with E-state index in [9.17, 15) is 12.8 Å². The molecule has 0 aromatic heterocycles. The molecule has 0 spiro atoms. The van der Waals surface area contributed by atoms with Crippen LogP contribution in [-0.4, -0.2) is 37.9 Å². The quantitative estimate of drug-likeness (QED) is 0.907. The largest absolute Gasteiger partial charge is 0.309 e. The van der Waals surface area contributed by atoms with Crippen molar-refractivity contribution in [3.63, 3.8) is 0 Å². The van der Waals surface area contributed by atoms with Gasteiger partial charge in [-0.3, -0.25) is 0 Å². The van der Waals surface area contributed by atoms with Gasteiger partial charge >= 0.3 is 0 Å². The van der Waals surface area contributed by atoms with Crippen molar-refractivity contribution in [1.29, 1.82) is 0 Å². The van der Waals surface area contributed by atoms with E-state index in [0.29, 0.717) is 13.1 Å². The number of rotatable bonds is 2. The summed E-state index contributed by atoms with van der Waals surface area (Å²) < 4.78 is 39.4. The Kier molecular flexibility index (Phi) is 4.15. The third-order valence-electron chi connectivity index (χ3n) is 3.04. The molecule has 7 heteroatoms. The Morgan fingerprint density at radius 1 is 1.32 bits per heavy atom. The predicted octanol–water partition coefficient (Wildman–Crippen LogP) is 1.85. The van der Waals surface area contributed by atoms with E-state index in [-0.39, 0.29) is 22.0 Å². The number of hydrogen-bond donors (Lipinski definition) is 1. The molecule has 1 aliphatic heterocycles. The van der Waals surface area contributed by atoms with Gasteiger partial charge in [0.1, 0.15) is 10.7 Å². The van der Waals surface area contributed by atoms with E-state index in [0.717, 1.165) is 12.1 Å². The van der Waals surface area contributed by atoms with Crippen molar-refractivity contribution in [2.45, 2.75) is 30.8 Å². The highest BCUT2D eigenvalue weighted by atomic mass is 35.5. The lowest BCUT2D eigenvalue weighted by Gasteiger charge is -2.35. The number of nitrogens with zero attached hydrogens (tertiary/aromatic N) is 1. The lowest BCUT2D eigenvalue weighted by Crippen LogP contribution is -2.55. The van der Waals surface area contributed by atoms with Crippen molar-refractivity contribution in [3.8, 4) is 0 Å². The number of nitrogens with one attached hydrogen (secondary N) is 1. The maximum Gasteiger partial charge on any atom is 0.244 e. The Labute approximate surface area is 117 Å². The highest BCUT2D eigenvalue weighted by Crippen LogP contribution is 2.26. The lowest BCUT2D eigenvalue weighted by molar-refractivity contribution is 0.263. The van der Waals surface area contributed by atoms with E-state index < -0.39 is 15.8 Å². The maximum absolute atomic E-state index is 13.0. The minimum atomic E-state index is -3.68. The van der Waals surface area contributed by atoms with Crippen LogP contribution in [0.2, 0.25) is 5.02 Å². The van der Waals surface area contributed by atoms with Gasteiger partial charge in [-0.15, -0.1) is 0 Å². The molecule has 1 N–H and O–H groups in total. The van der Waals surface area contributed by atoms with Crippen LogP contribution in [0.15, 0.2) is 23.1 Å². The Morgan fingerprint density at radius 3 is 2.42 bits per heavy atom. The van der Waals surface area contributed by atoms with Gasteiger partial charge in [-0.2, -0.15) is 4.31 Å². The van der Waals surface area contributed by atoms with Gasteiger partial charge in [0.05, 0.1) is 5.02 Å². The monoisotopic (exact) mass is 306 g/mol. The third kappa shape index (κ3) is 3.08. The van der Waals surface area contributed by atoms with Gasteiger partial charge in [0.2, 0.25) is 10.0 Å². The van der Waals surface area contributed by atoms with Crippen LogP contribution < -0.4 is 5.32 Å². The van der Waals surface area contributed by atoms with Crippen molar-refractivity contribution in [2.75, 3.05) is 13.1 Å². The van der Waals surface area contributed by atoms with Gasteiger partial charge in [-0.25, -0.2) is 12.8 Å². The lowest BCUT2D eigenvalue weighted by atomic mass is 10.2. The molecule has 4 nitrogen and oxygen atoms in total. The zero-order valence-corrected chi connectivity index (χ0v) is 12.3. The Morgan fingerprint density at radius 2 is 1.89 bits per heavy atom. The Bertz CT molecular complexity index is 569. The molecule has 19 heavy (non-hydrogen) atoms. The molecule has 1 aliphatic rings. The predicted molar refractivity (Wildman–Crippen MR) is 72.2 cm³/mol. The van der Waals surface area contributed by atoms with Crippen molar-refractivity contribution >= 4 is 21.6 Å². The van der Waals surface area contributed by atoms with Crippen LogP contribution in [0.5, 0.6) is 0 Å². The first-order valence-electron chi connectivity index (χ1n) is 6.02. The Hall–Kier alpha value is -0.690. The average molecular weight is 307 g/mol. The summed E-state index contributed by atoms with van der Waals surface area (Å²) in [5.74, 6) is -0.550. The van der Waals surface area contributed by atoms with E-state index in [1.54, 1.807) is 0 Å². The third-order valence-corrected chi connectivity index (χ3v) is 5.35. The summed E-state index contributed by atoms with van der Waals surface area (Å²) in [7, 11) is -3.68. The minimum Gasteiger partial charge on any atom is -0.309 e. The van der Waals surface area contributed by atoms with Crippen LogP contribution in [0.1, 0.15) is 13.8 Å². The van der Waals surface area contributed by atoms with Crippen LogP contribution in [0.4, 0.5) is 4.39 Å². The van der Waals surface area contributed by atoms with Gasteiger partial charge < -0.3 is 5.32 Å². The summed E-state index contributed by atoms with van der Waals surface area (Å²) in [5, 5.41) is 3.17. The molecular weight excluding hydrogens is 291 g/mol. The molecule has 0 bridgehead atoms. The van der Waals surface area contributed by atoms with Gasteiger partial charge in [0, 0.05) is 25.2 Å². The summed E-state index contributed by atoms with van der Waals surface area (Å²) in [6.07, 6.45) is 0. The zero-order valence-electron chi connectivity index (χ0n) is 10.7. The summed E-state index contributed by atoms with van der Waals surface area (Å²) in [6.45, 7) is 4.59. The second kappa shape index (κ2) is 5.36. The van der Waals surface area contributed by atoms with E-state index in [1.807, 2.05) is 13.8 Å². The van der Waals surface area contributed by atoms with Crippen LogP contribution in [-0.2, 0) is 10.0 Å². The number of benzene rings is 1. The van der Waals surface area contributed by atoms with Gasteiger partial charge in [-0.1, -0.05) is 11.6 Å². The average Bonchev–Trinajstić information content (AvgIpc) is 2.26. The normalized spacial score (nSPS) is 25.5. The Balaban J connectivity index is 2.36.